The topological polar surface area (TPSA) is 68.0 Å². The molecule has 1 heterocycles. The lowest BCUT2D eigenvalue weighted by atomic mass is 10.1. The van der Waals surface area contributed by atoms with E-state index in [1.165, 1.54) is 22.5 Å². The van der Waals surface area contributed by atoms with Gasteiger partial charge in [0.2, 0.25) is 0 Å². The monoisotopic (exact) mass is 289 g/mol. The molecule has 0 saturated heterocycles. The highest BCUT2D eigenvalue weighted by atomic mass is 32.1. The Kier molecular flexibility index (Phi) is 4.09. The number of thiazole rings is 1. The fourth-order valence-corrected chi connectivity index (χ4v) is 2.99. The van der Waals surface area contributed by atoms with Gasteiger partial charge >= 0.3 is 0 Å². The Labute approximate surface area is 123 Å². The third-order valence-electron chi connectivity index (χ3n) is 2.87. The molecule has 0 spiro atoms. The molecule has 0 fully saturated rings. The van der Waals surface area contributed by atoms with Crippen molar-refractivity contribution in [1.82, 2.24) is 4.98 Å². The van der Waals surface area contributed by atoms with Gasteiger partial charge in [0.25, 0.3) is 0 Å². The van der Waals surface area contributed by atoms with Crippen LogP contribution >= 0.6 is 11.3 Å². The number of aromatic nitrogens is 1. The van der Waals surface area contributed by atoms with Crippen molar-refractivity contribution in [1.29, 1.82) is 0 Å². The number of benzene rings is 1. The Balaban J connectivity index is 2.26. The summed E-state index contributed by atoms with van der Waals surface area (Å²) in [5.41, 5.74) is 9.14. The van der Waals surface area contributed by atoms with Crippen LogP contribution in [0.15, 0.2) is 18.2 Å². The molecule has 0 saturated carbocycles. The summed E-state index contributed by atoms with van der Waals surface area (Å²) in [6.07, 6.45) is 0. The first kappa shape index (κ1) is 14.5. The van der Waals surface area contributed by atoms with Gasteiger partial charge in [-0.05, 0) is 37.1 Å². The number of nitrogen functional groups attached to an aromatic ring is 1. The van der Waals surface area contributed by atoms with E-state index in [2.05, 4.69) is 16.4 Å². The summed E-state index contributed by atoms with van der Waals surface area (Å²) in [4.78, 5) is 16.8. The smallest absolute Gasteiger partial charge is 0.189 e. The van der Waals surface area contributed by atoms with E-state index in [1.54, 1.807) is 0 Å². The van der Waals surface area contributed by atoms with Crippen molar-refractivity contribution in [2.45, 2.75) is 27.7 Å². The van der Waals surface area contributed by atoms with E-state index in [1.807, 2.05) is 39.8 Å². The minimum atomic E-state index is -0.0770. The van der Waals surface area contributed by atoms with Gasteiger partial charge in [-0.15, -0.1) is 0 Å². The first-order valence-electron chi connectivity index (χ1n) is 6.52. The van der Waals surface area contributed by atoms with Gasteiger partial charge in [-0.3, -0.25) is 4.79 Å². The zero-order valence-electron chi connectivity index (χ0n) is 12.2. The van der Waals surface area contributed by atoms with Crippen molar-refractivity contribution in [2.24, 2.45) is 5.92 Å². The van der Waals surface area contributed by atoms with E-state index >= 15 is 0 Å². The summed E-state index contributed by atoms with van der Waals surface area (Å²) in [6, 6.07) is 6.18. The summed E-state index contributed by atoms with van der Waals surface area (Å²) < 4.78 is 0. The molecule has 3 N–H and O–H groups in total. The number of hydrogen-bond donors (Lipinski definition) is 2. The molecule has 0 atom stereocenters. The normalized spacial score (nSPS) is 10.8. The number of carbonyl (C=O) groups excluding carboxylic acids is 1. The SMILES string of the molecule is Cc1cc(C)cc(Nc2nc(N)c(C(=O)C(C)C)s2)c1. The third-order valence-corrected chi connectivity index (χ3v) is 3.88. The number of carbonyl (C=O) groups is 1. The van der Waals surface area contributed by atoms with Crippen LogP contribution in [0.1, 0.15) is 34.6 Å². The maximum atomic E-state index is 12.0. The van der Waals surface area contributed by atoms with Crippen molar-refractivity contribution in [3.8, 4) is 0 Å². The second-order valence-electron chi connectivity index (χ2n) is 5.25. The lowest BCUT2D eigenvalue weighted by Crippen LogP contribution is -2.07. The molecule has 0 amide bonds. The van der Waals surface area contributed by atoms with Crippen molar-refractivity contribution >= 4 is 33.8 Å². The average molecular weight is 289 g/mol. The van der Waals surface area contributed by atoms with Crippen LogP contribution in [0.25, 0.3) is 0 Å². The predicted octanol–water partition coefficient (Wildman–Crippen LogP) is 3.92. The zero-order chi connectivity index (χ0) is 14.9. The quantitative estimate of drug-likeness (QED) is 0.837. The highest BCUT2D eigenvalue weighted by Crippen LogP contribution is 2.30. The summed E-state index contributed by atoms with van der Waals surface area (Å²) in [5, 5.41) is 3.87. The van der Waals surface area contributed by atoms with Crippen LogP contribution < -0.4 is 11.1 Å². The number of Topliss-reactive ketones (excluding diaryl/α,β-unsaturated/α-hetero) is 1. The van der Waals surface area contributed by atoms with Crippen molar-refractivity contribution in [3.05, 3.63) is 34.2 Å². The number of aryl methyl sites for hydroxylation is 2. The van der Waals surface area contributed by atoms with E-state index < -0.39 is 0 Å². The van der Waals surface area contributed by atoms with Crippen LogP contribution in [0.2, 0.25) is 0 Å². The van der Waals surface area contributed by atoms with Gasteiger partial charge in [-0.1, -0.05) is 31.3 Å². The molecule has 1 aromatic carbocycles. The van der Waals surface area contributed by atoms with E-state index in [0.29, 0.717) is 15.8 Å². The van der Waals surface area contributed by atoms with Crippen molar-refractivity contribution in [2.75, 3.05) is 11.1 Å². The molecule has 5 heteroatoms. The molecular formula is C15H19N3OS. The van der Waals surface area contributed by atoms with Gasteiger partial charge < -0.3 is 11.1 Å². The summed E-state index contributed by atoms with van der Waals surface area (Å²) in [6.45, 7) is 7.81. The Morgan fingerprint density at radius 3 is 2.40 bits per heavy atom. The molecule has 0 aliphatic carbocycles. The van der Waals surface area contributed by atoms with Crippen molar-refractivity contribution in [3.63, 3.8) is 0 Å². The fourth-order valence-electron chi connectivity index (χ4n) is 1.99. The number of hydrogen-bond acceptors (Lipinski definition) is 5. The average Bonchev–Trinajstić information content (AvgIpc) is 2.67. The molecule has 2 aromatic rings. The maximum absolute atomic E-state index is 12.0. The van der Waals surface area contributed by atoms with Gasteiger partial charge in [0.15, 0.2) is 10.9 Å². The predicted molar refractivity (Wildman–Crippen MR) is 84.9 cm³/mol. The van der Waals surface area contributed by atoms with E-state index in [4.69, 9.17) is 5.73 Å². The lowest BCUT2D eigenvalue weighted by molar-refractivity contribution is 0.0944. The molecule has 0 unspecified atom stereocenters. The summed E-state index contributed by atoms with van der Waals surface area (Å²) >= 11 is 1.31. The molecule has 0 aliphatic heterocycles. The van der Waals surface area contributed by atoms with Crippen molar-refractivity contribution < 1.29 is 4.79 Å². The largest absolute Gasteiger partial charge is 0.382 e. The number of rotatable bonds is 4. The maximum Gasteiger partial charge on any atom is 0.189 e. The van der Waals surface area contributed by atoms with E-state index in [-0.39, 0.29) is 11.7 Å². The number of nitrogens with one attached hydrogen (secondary N) is 1. The molecule has 0 radical (unpaired) electrons. The van der Waals surface area contributed by atoms with Crippen LogP contribution in [-0.2, 0) is 0 Å². The van der Waals surface area contributed by atoms with Gasteiger partial charge in [0.05, 0.1) is 0 Å². The van der Waals surface area contributed by atoms with Gasteiger partial charge in [0.1, 0.15) is 10.7 Å². The van der Waals surface area contributed by atoms with Gasteiger partial charge in [0, 0.05) is 11.6 Å². The number of nitrogens with zero attached hydrogens (tertiary/aromatic N) is 1. The fraction of sp³-hybridized carbons (Fsp3) is 0.333. The Morgan fingerprint density at radius 1 is 1.25 bits per heavy atom. The van der Waals surface area contributed by atoms with Crippen LogP contribution in [0.4, 0.5) is 16.6 Å². The molecule has 20 heavy (non-hydrogen) atoms. The Morgan fingerprint density at radius 2 is 1.85 bits per heavy atom. The number of ketones is 1. The molecule has 0 bridgehead atoms. The molecular weight excluding hydrogens is 270 g/mol. The second-order valence-corrected chi connectivity index (χ2v) is 6.25. The summed E-state index contributed by atoms with van der Waals surface area (Å²) in [5.74, 6) is 0.265. The second kappa shape index (κ2) is 5.63. The molecule has 106 valence electrons. The third kappa shape index (κ3) is 3.17. The highest BCUT2D eigenvalue weighted by molar-refractivity contribution is 7.18. The van der Waals surface area contributed by atoms with Crippen LogP contribution in [0.5, 0.6) is 0 Å². The lowest BCUT2D eigenvalue weighted by Gasteiger charge is -2.05. The molecule has 0 aliphatic rings. The van der Waals surface area contributed by atoms with Gasteiger partial charge in [-0.2, -0.15) is 0 Å². The minimum absolute atomic E-state index is 0.0356. The van der Waals surface area contributed by atoms with Crippen LogP contribution in [0, 0.1) is 19.8 Å². The Hall–Kier alpha value is -1.88. The van der Waals surface area contributed by atoms with Crippen LogP contribution in [0.3, 0.4) is 0 Å². The summed E-state index contributed by atoms with van der Waals surface area (Å²) in [7, 11) is 0. The number of nitrogens with two attached hydrogens (primary N) is 1. The zero-order valence-corrected chi connectivity index (χ0v) is 13.0. The van der Waals surface area contributed by atoms with Gasteiger partial charge in [-0.25, -0.2) is 4.98 Å². The first-order valence-corrected chi connectivity index (χ1v) is 7.34. The minimum Gasteiger partial charge on any atom is -0.382 e. The van der Waals surface area contributed by atoms with E-state index in [0.717, 1.165) is 5.69 Å². The number of anilines is 3. The van der Waals surface area contributed by atoms with E-state index in [9.17, 15) is 4.79 Å². The molecule has 4 nitrogen and oxygen atoms in total. The highest BCUT2D eigenvalue weighted by Gasteiger charge is 2.18. The Bertz CT molecular complexity index is 626. The standard InChI is InChI=1S/C15H19N3OS/c1-8(2)12(19)13-14(16)18-15(20-13)17-11-6-9(3)5-10(4)7-11/h5-8H,16H2,1-4H3,(H,17,18). The first-order chi connectivity index (χ1) is 9.36. The van der Waals surface area contributed by atoms with Crippen LogP contribution in [-0.4, -0.2) is 10.8 Å². The molecule has 1 aromatic heterocycles. The molecule has 2 rings (SSSR count).